The molecule has 2 aromatic heterocycles. The van der Waals surface area contributed by atoms with E-state index in [1.165, 1.54) is 18.6 Å². The Kier molecular flexibility index (Phi) is 4.21. The highest BCUT2D eigenvalue weighted by Crippen LogP contribution is 2.13. The lowest BCUT2D eigenvalue weighted by molar-refractivity contribution is 0.458. The summed E-state index contributed by atoms with van der Waals surface area (Å²) in [5.74, 6) is 0.951. The summed E-state index contributed by atoms with van der Waals surface area (Å²) in [7, 11) is 0. The number of nitrogens with zero attached hydrogens (tertiary/aromatic N) is 4. The van der Waals surface area contributed by atoms with E-state index in [0.29, 0.717) is 18.0 Å². The molecule has 5 nitrogen and oxygen atoms in total. The van der Waals surface area contributed by atoms with Gasteiger partial charge in [-0.2, -0.15) is 5.10 Å². The zero-order valence-electron chi connectivity index (χ0n) is 11.1. The van der Waals surface area contributed by atoms with Gasteiger partial charge in [0, 0.05) is 13.0 Å². The first-order chi connectivity index (χ1) is 9.06. The van der Waals surface area contributed by atoms with Crippen LogP contribution in [0.3, 0.4) is 0 Å². The van der Waals surface area contributed by atoms with E-state index < -0.39 is 0 Å². The second kappa shape index (κ2) is 5.88. The fourth-order valence-electron chi connectivity index (χ4n) is 1.85. The van der Waals surface area contributed by atoms with Crippen molar-refractivity contribution in [2.75, 3.05) is 0 Å². The smallest absolute Gasteiger partial charge is 0.141 e. The van der Waals surface area contributed by atoms with Crippen LogP contribution in [0.5, 0.6) is 0 Å². The molecule has 0 fully saturated rings. The Morgan fingerprint density at radius 2 is 2.11 bits per heavy atom. The normalized spacial score (nSPS) is 12.9. The van der Waals surface area contributed by atoms with Gasteiger partial charge < -0.3 is 5.73 Å². The summed E-state index contributed by atoms with van der Waals surface area (Å²) in [5, 5.41) is 4.19. The fraction of sp³-hybridized carbons (Fsp3) is 0.462. The Balaban J connectivity index is 2.08. The van der Waals surface area contributed by atoms with Gasteiger partial charge in [-0.05, 0) is 18.1 Å². The molecule has 0 radical (unpaired) electrons. The summed E-state index contributed by atoms with van der Waals surface area (Å²) in [6.45, 7) is 5.04. The topological polar surface area (TPSA) is 69.6 Å². The van der Waals surface area contributed by atoms with Crippen LogP contribution >= 0.6 is 0 Å². The molecule has 1 unspecified atom stereocenters. The lowest BCUT2D eigenvalue weighted by Gasteiger charge is -2.12. The van der Waals surface area contributed by atoms with Crippen molar-refractivity contribution < 1.29 is 4.39 Å². The third kappa shape index (κ3) is 3.57. The number of halogens is 1. The summed E-state index contributed by atoms with van der Waals surface area (Å²) in [6.07, 6.45) is 3.24. The van der Waals surface area contributed by atoms with Crippen LogP contribution in [0.15, 0.2) is 24.7 Å². The first-order valence-corrected chi connectivity index (χ1v) is 6.30. The molecular weight excluding hydrogens is 245 g/mol. The van der Waals surface area contributed by atoms with Gasteiger partial charge in [0.1, 0.15) is 18.0 Å². The molecular formula is C13H18FN5. The standard InChI is InChI=1S/C13H18FN5/c1-9(2)7-19-13(17-8-18-19)5-11(15)12-4-3-10(14)6-16-12/h3-4,6,8-9,11H,5,7,15H2,1-2H3. The average Bonchev–Trinajstić information content (AvgIpc) is 2.76. The molecule has 0 aliphatic heterocycles. The van der Waals surface area contributed by atoms with E-state index in [1.54, 1.807) is 6.07 Å². The van der Waals surface area contributed by atoms with E-state index in [1.807, 2.05) is 4.68 Å². The van der Waals surface area contributed by atoms with Crippen LogP contribution in [0.25, 0.3) is 0 Å². The second-order valence-electron chi connectivity index (χ2n) is 4.96. The summed E-state index contributed by atoms with van der Waals surface area (Å²) >= 11 is 0. The van der Waals surface area contributed by atoms with Crippen molar-refractivity contribution >= 4 is 0 Å². The molecule has 102 valence electrons. The molecule has 0 saturated carbocycles. The van der Waals surface area contributed by atoms with Gasteiger partial charge in [-0.25, -0.2) is 14.1 Å². The summed E-state index contributed by atoms with van der Waals surface area (Å²) in [4.78, 5) is 8.21. The first-order valence-electron chi connectivity index (χ1n) is 6.30. The van der Waals surface area contributed by atoms with Crippen LogP contribution in [-0.2, 0) is 13.0 Å². The number of hydrogen-bond donors (Lipinski definition) is 1. The minimum atomic E-state index is -0.362. The van der Waals surface area contributed by atoms with Gasteiger partial charge in [0.2, 0.25) is 0 Å². The summed E-state index contributed by atoms with van der Waals surface area (Å²) in [6, 6.07) is 2.65. The number of pyridine rings is 1. The molecule has 0 bridgehead atoms. The van der Waals surface area contributed by atoms with Crippen LogP contribution in [0.2, 0.25) is 0 Å². The van der Waals surface area contributed by atoms with Crippen LogP contribution in [0, 0.1) is 11.7 Å². The van der Waals surface area contributed by atoms with Crippen molar-refractivity contribution in [3.05, 3.63) is 42.0 Å². The molecule has 0 amide bonds. The van der Waals surface area contributed by atoms with Gasteiger partial charge in [0.25, 0.3) is 0 Å². The molecule has 1 atom stereocenters. The highest BCUT2D eigenvalue weighted by atomic mass is 19.1. The Morgan fingerprint density at radius 3 is 2.74 bits per heavy atom. The molecule has 0 aliphatic rings. The minimum Gasteiger partial charge on any atom is -0.322 e. The molecule has 19 heavy (non-hydrogen) atoms. The lowest BCUT2D eigenvalue weighted by Crippen LogP contribution is -2.19. The Bertz CT molecular complexity index is 520. The van der Waals surface area contributed by atoms with E-state index in [9.17, 15) is 4.39 Å². The maximum absolute atomic E-state index is 12.8. The van der Waals surface area contributed by atoms with Gasteiger partial charge in [-0.3, -0.25) is 4.98 Å². The SMILES string of the molecule is CC(C)Cn1ncnc1CC(N)c1ccc(F)cn1. The third-order valence-corrected chi connectivity index (χ3v) is 2.77. The first kappa shape index (κ1) is 13.6. The van der Waals surface area contributed by atoms with E-state index >= 15 is 0 Å². The summed E-state index contributed by atoms with van der Waals surface area (Å²) < 4.78 is 14.7. The number of rotatable bonds is 5. The summed E-state index contributed by atoms with van der Waals surface area (Å²) in [5.41, 5.74) is 6.72. The zero-order valence-corrected chi connectivity index (χ0v) is 11.1. The van der Waals surface area contributed by atoms with Crippen LogP contribution < -0.4 is 5.73 Å². The van der Waals surface area contributed by atoms with E-state index in [-0.39, 0.29) is 11.9 Å². The number of hydrogen-bond acceptors (Lipinski definition) is 4. The minimum absolute atomic E-state index is 0.310. The predicted octanol–water partition coefficient (Wildman–Crippen LogP) is 1.71. The van der Waals surface area contributed by atoms with Crippen molar-refractivity contribution in [3.63, 3.8) is 0 Å². The van der Waals surface area contributed by atoms with E-state index in [2.05, 4.69) is 28.9 Å². The molecule has 0 saturated heterocycles. The Labute approximate surface area is 111 Å². The van der Waals surface area contributed by atoms with Crippen molar-refractivity contribution in [1.82, 2.24) is 19.7 Å². The molecule has 0 aromatic carbocycles. The molecule has 2 N–H and O–H groups in total. The van der Waals surface area contributed by atoms with Crippen LogP contribution in [-0.4, -0.2) is 19.7 Å². The largest absolute Gasteiger partial charge is 0.322 e. The maximum atomic E-state index is 12.8. The Morgan fingerprint density at radius 1 is 1.32 bits per heavy atom. The molecule has 0 spiro atoms. The molecule has 6 heteroatoms. The van der Waals surface area contributed by atoms with Crippen molar-refractivity contribution in [3.8, 4) is 0 Å². The lowest BCUT2D eigenvalue weighted by atomic mass is 10.1. The van der Waals surface area contributed by atoms with Crippen molar-refractivity contribution in [2.45, 2.75) is 32.9 Å². The van der Waals surface area contributed by atoms with Crippen LogP contribution in [0.1, 0.15) is 31.4 Å². The van der Waals surface area contributed by atoms with Crippen molar-refractivity contribution in [2.24, 2.45) is 11.7 Å². The second-order valence-corrected chi connectivity index (χ2v) is 4.96. The monoisotopic (exact) mass is 263 g/mol. The van der Waals surface area contributed by atoms with E-state index in [0.717, 1.165) is 12.4 Å². The maximum Gasteiger partial charge on any atom is 0.141 e. The van der Waals surface area contributed by atoms with Gasteiger partial charge in [0.15, 0.2) is 0 Å². The van der Waals surface area contributed by atoms with E-state index in [4.69, 9.17) is 5.73 Å². The molecule has 2 rings (SSSR count). The predicted molar refractivity (Wildman–Crippen MR) is 69.7 cm³/mol. The Hall–Kier alpha value is -1.82. The zero-order chi connectivity index (χ0) is 13.8. The van der Waals surface area contributed by atoms with Crippen LogP contribution in [0.4, 0.5) is 4.39 Å². The van der Waals surface area contributed by atoms with Gasteiger partial charge in [0.05, 0.1) is 17.9 Å². The molecule has 2 aromatic rings. The number of nitrogens with two attached hydrogens (primary N) is 1. The number of aromatic nitrogens is 4. The van der Waals surface area contributed by atoms with Gasteiger partial charge >= 0.3 is 0 Å². The quantitative estimate of drug-likeness (QED) is 0.891. The molecule has 2 heterocycles. The fourth-order valence-corrected chi connectivity index (χ4v) is 1.85. The average molecular weight is 263 g/mol. The molecule has 0 aliphatic carbocycles. The highest BCUT2D eigenvalue weighted by Gasteiger charge is 2.13. The van der Waals surface area contributed by atoms with Gasteiger partial charge in [-0.15, -0.1) is 0 Å². The highest BCUT2D eigenvalue weighted by molar-refractivity contribution is 5.11. The van der Waals surface area contributed by atoms with Crippen molar-refractivity contribution in [1.29, 1.82) is 0 Å². The third-order valence-electron chi connectivity index (χ3n) is 2.77. The van der Waals surface area contributed by atoms with Gasteiger partial charge in [-0.1, -0.05) is 13.8 Å².